The molecule has 1 rings (SSSR count). The van der Waals surface area contributed by atoms with Crippen LogP contribution in [-0.4, -0.2) is 37.8 Å². The van der Waals surface area contributed by atoms with Gasteiger partial charge in [0.05, 0.1) is 30.4 Å². The van der Waals surface area contributed by atoms with Crippen molar-refractivity contribution in [3.8, 4) is 0 Å². The molecule has 0 aliphatic carbocycles. The van der Waals surface area contributed by atoms with Crippen molar-refractivity contribution in [2.75, 3.05) is 37.0 Å². The highest BCUT2D eigenvalue weighted by Gasteiger charge is 2.13. The summed E-state index contributed by atoms with van der Waals surface area (Å²) in [4.78, 5) is 6.60. The summed E-state index contributed by atoms with van der Waals surface area (Å²) in [6, 6.07) is 2.50. The van der Waals surface area contributed by atoms with Crippen LogP contribution in [0.5, 0.6) is 0 Å². The highest BCUT2D eigenvalue weighted by atomic mass is 16.5. The molecule has 1 heterocycles. The molecule has 4 nitrogen and oxygen atoms in total. The predicted molar refractivity (Wildman–Crippen MR) is 77.4 cm³/mol. The van der Waals surface area contributed by atoms with Crippen molar-refractivity contribution in [3.05, 3.63) is 18.5 Å². The van der Waals surface area contributed by atoms with Gasteiger partial charge in [0, 0.05) is 26.2 Å². The first-order chi connectivity index (χ1) is 8.72. The molecule has 0 radical (unpaired) electrons. The van der Waals surface area contributed by atoms with Gasteiger partial charge in [-0.3, -0.25) is 4.98 Å². The molecule has 0 spiro atoms. The predicted octanol–water partition coefficient (Wildman–Crippen LogP) is 2.76. The number of pyridine rings is 1. The molecule has 0 bridgehead atoms. The van der Waals surface area contributed by atoms with E-state index in [0.717, 1.165) is 37.5 Å². The molecule has 1 atom stereocenters. The number of likely N-dealkylation sites (N-methyl/N-ethyl adjacent to an activating group) is 1. The molecule has 18 heavy (non-hydrogen) atoms. The van der Waals surface area contributed by atoms with Crippen molar-refractivity contribution in [2.24, 2.45) is 0 Å². The summed E-state index contributed by atoms with van der Waals surface area (Å²) in [5, 5.41) is 3.36. The van der Waals surface area contributed by atoms with E-state index in [0.29, 0.717) is 6.04 Å². The summed E-state index contributed by atoms with van der Waals surface area (Å²) in [6.07, 6.45) is 4.89. The zero-order valence-corrected chi connectivity index (χ0v) is 11.9. The minimum absolute atomic E-state index is 0.350. The highest BCUT2D eigenvalue weighted by Crippen LogP contribution is 2.20. The van der Waals surface area contributed by atoms with E-state index in [9.17, 15) is 0 Å². The fraction of sp³-hybridized carbons (Fsp3) is 0.643. The number of nitrogens with zero attached hydrogens (tertiary/aromatic N) is 2. The van der Waals surface area contributed by atoms with Crippen molar-refractivity contribution in [3.63, 3.8) is 0 Å². The molecule has 102 valence electrons. The molecule has 0 aliphatic heterocycles. The second-order valence-electron chi connectivity index (χ2n) is 4.45. The Bertz CT molecular complexity index is 344. The topological polar surface area (TPSA) is 37.4 Å². The van der Waals surface area contributed by atoms with Gasteiger partial charge in [0.2, 0.25) is 0 Å². The lowest BCUT2D eigenvalue weighted by Crippen LogP contribution is -2.36. The van der Waals surface area contributed by atoms with Crippen LogP contribution in [0.2, 0.25) is 0 Å². The smallest absolute Gasteiger partial charge is 0.0663 e. The highest BCUT2D eigenvalue weighted by molar-refractivity contribution is 5.56. The van der Waals surface area contributed by atoms with Crippen molar-refractivity contribution in [1.29, 1.82) is 0 Å². The molecule has 1 unspecified atom stereocenters. The zero-order chi connectivity index (χ0) is 13.4. The Labute approximate surface area is 110 Å². The van der Waals surface area contributed by atoms with E-state index >= 15 is 0 Å². The fourth-order valence-electron chi connectivity index (χ4n) is 2.03. The Morgan fingerprint density at radius 3 is 2.78 bits per heavy atom. The summed E-state index contributed by atoms with van der Waals surface area (Å²) in [5.74, 6) is 0. The van der Waals surface area contributed by atoms with Gasteiger partial charge >= 0.3 is 0 Å². The molecule has 0 saturated carbocycles. The zero-order valence-electron chi connectivity index (χ0n) is 11.9. The van der Waals surface area contributed by atoms with E-state index < -0.39 is 0 Å². The first kappa shape index (κ1) is 14.8. The summed E-state index contributed by atoms with van der Waals surface area (Å²) in [5.41, 5.74) is 2.22. The lowest BCUT2D eigenvalue weighted by molar-refractivity contribution is 0.182. The molecule has 1 aromatic rings. The molecule has 0 fully saturated rings. The van der Waals surface area contributed by atoms with Crippen molar-refractivity contribution < 1.29 is 4.74 Å². The lowest BCUT2D eigenvalue weighted by atomic mass is 10.2. The SMILES string of the molecule is CCCNc1cncc(N(CC)C(C)COC)c1. The molecular formula is C14H25N3O. The minimum atomic E-state index is 0.350. The van der Waals surface area contributed by atoms with Crippen molar-refractivity contribution in [1.82, 2.24) is 4.98 Å². The number of ether oxygens (including phenoxy) is 1. The van der Waals surface area contributed by atoms with Crippen LogP contribution in [0, 0.1) is 0 Å². The van der Waals surface area contributed by atoms with Gasteiger partial charge in [-0.15, -0.1) is 0 Å². The van der Waals surface area contributed by atoms with E-state index in [1.54, 1.807) is 7.11 Å². The number of nitrogens with one attached hydrogen (secondary N) is 1. The second-order valence-corrected chi connectivity index (χ2v) is 4.45. The first-order valence-corrected chi connectivity index (χ1v) is 6.67. The molecule has 0 saturated heterocycles. The standard InChI is InChI=1S/C14H25N3O/c1-5-7-16-13-8-14(10-15-9-13)17(6-2)12(3)11-18-4/h8-10,12,16H,5-7,11H2,1-4H3. The Morgan fingerprint density at radius 2 is 2.17 bits per heavy atom. The monoisotopic (exact) mass is 251 g/mol. The normalized spacial score (nSPS) is 12.2. The number of hydrogen-bond acceptors (Lipinski definition) is 4. The largest absolute Gasteiger partial charge is 0.384 e. The fourth-order valence-corrected chi connectivity index (χ4v) is 2.03. The van der Waals surface area contributed by atoms with Gasteiger partial charge in [0.25, 0.3) is 0 Å². The van der Waals surface area contributed by atoms with Gasteiger partial charge in [0.1, 0.15) is 0 Å². The van der Waals surface area contributed by atoms with Crippen LogP contribution in [0.15, 0.2) is 18.5 Å². The van der Waals surface area contributed by atoms with E-state index in [1.165, 1.54) is 0 Å². The van der Waals surface area contributed by atoms with Crippen molar-refractivity contribution >= 4 is 11.4 Å². The average Bonchev–Trinajstić information content (AvgIpc) is 2.38. The quantitative estimate of drug-likeness (QED) is 0.771. The van der Waals surface area contributed by atoms with Gasteiger partial charge in [-0.25, -0.2) is 0 Å². The van der Waals surface area contributed by atoms with Gasteiger partial charge < -0.3 is 15.0 Å². The molecule has 4 heteroatoms. The minimum Gasteiger partial charge on any atom is -0.384 e. The third-order valence-electron chi connectivity index (χ3n) is 2.92. The number of rotatable bonds is 8. The van der Waals surface area contributed by atoms with Gasteiger partial charge in [-0.1, -0.05) is 6.92 Å². The summed E-state index contributed by atoms with van der Waals surface area (Å²) < 4.78 is 5.23. The molecule has 1 N–H and O–H groups in total. The third-order valence-corrected chi connectivity index (χ3v) is 2.92. The Balaban J connectivity index is 2.78. The maximum absolute atomic E-state index is 5.23. The number of aromatic nitrogens is 1. The Morgan fingerprint density at radius 1 is 1.39 bits per heavy atom. The van der Waals surface area contributed by atoms with Gasteiger partial charge in [0.15, 0.2) is 0 Å². The van der Waals surface area contributed by atoms with Crippen LogP contribution in [0.4, 0.5) is 11.4 Å². The Kier molecular flexibility index (Phi) is 6.50. The van der Waals surface area contributed by atoms with E-state index in [2.05, 4.69) is 42.0 Å². The number of hydrogen-bond donors (Lipinski definition) is 1. The number of methoxy groups -OCH3 is 1. The molecule has 0 aliphatic rings. The van der Waals surface area contributed by atoms with E-state index in [4.69, 9.17) is 4.74 Å². The molecular weight excluding hydrogens is 226 g/mol. The van der Waals surface area contributed by atoms with E-state index in [-0.39, 0.29) is 0 Å². The third kappa shape index (κ3) is 4.18. The van der Waals surface area contributed by atoms with Crippen LogP contribution in [0.3, 0.4) is 0 Å². The average molecular weight is 251 g/mol. The van der Waals surface area contributed by atoms with Crippen LogP contribution < -0.4 is 10.2 Å². The van der Waals surface area contributed by atoms with Crippen LogP contribution in [-0.2, 0) is 4.74 Å². The second kappa shape index (κ2) is 7.93. The summed E-state index contributed by atoms with van der Waals surface area (Å²) >= 11 is 0. The lowest BCUT2D eigenvalue weighted by Gasteiger charge is -2.29. The first-order valence-electron chi connectivity index (χ1n) is 6.67. The van der Waals surface area contributed by atoms with Crippen LogP contribution in [0.1, 0.15) is 27.2 Å². The maximum atomic E-state index is 5.23. The van der Waals surface area contributed by atoms with E-state index in [1.807, 2.05) is 12.4 Å². The number of anilines is 2. The van der Waals surface area contributed by atoms with Gasteiger partial charge in [-0.2, -0.15) is 0 Å². The summed E-state index contributed by atoms with van der Waals surface area (Å²) in [7, 11) is 1.74. The molecule has 0 amide bonds. The van der Waals surface area contributed by atoms with Gasteiger partial charge in [-0.05, 0) is 26.3 Å². The Hall–Kier alpha value is -1.29. The van der Waals surface area contributed by atoms with Crippen molar-refractivity contribution in [2.45, 2.75) is 33.2 Å². The summed E-state index contributed by atoms with van der Waals surface area (Å²) in [6.45, 7) is 9.12. The molecule has 0 aromatic carbocycles. The maximum Gasteiger partial charge on any atom is 0.0663 e. The van der Waals surface area contributed by atoms with Crippen LogP contribution >= 0.6 is 0 Å². The molecule has 1 aromatic heterocycles. The van der Waals surface area contributed by atoms with Crippen LogP contribution in [0.25, 0.3) is 0 Å².